The molecule has 1 aromatic rings. The highest BCUT2D eigenvalue weighted by atomic mass is 16.6. The standard InChI is InChI=1S/C17H21NO6/c1-3-23-16(19)15(17(20)24-4-2)14(12-18(21)22)11-10-13-8-6-5-7-9-13/h5-11,14-15H,3-4,12H2,1-2H3/b11-10+/t14-/m0/s1. The lowest BCUT2D eigenvalue weighted by Crippen LogP contribution is -2.36. The summed E-state index contributed by atoms with van der Waals surface area (Å²) in [6, 6.07) is 9.09. The van der Waals surface area contributed by atoms with Gasteiger partial charge in [0, 0.05) is 4.92 Å². The molecule has 0 spiro atoms. The molecule has 0 bridgehead atoms. The van der Waals surface area contributed by atoms with Crippen molar-refractivity contribution in [1.82, 2.24) is 0 Å². The molecule has 0 unspecified atom stereocenters. The molecule has 1 aromatic carbocycles. The molecule has 0 aliphatic heterocycles. The Labute approximate surface area is 140 Å². The Kier molecular flexibility index (Phi) is 8.18. The number of nitrogens with zero attached hydrogens (tertiary/aromatic N) is 1. The number of ether oxygens (including phenoxy) is 2. The predicted molar refractivity (Wildman–Crippen MR) is 87.6 cm³/mol. The maximum absolute atomic E-state index is 12.1. The first-order valence-electron chi connectivity index (χ1n) is 7.67. The van der Waals surface area contributed by atoms with Crippen molar-refractivity contribution < 1.29 is 24.0 Å². The Morgan fingerprint density at radius 1 is 1.12 bits per heavy atom. The first-order valence-corrected chi connectivity index (χ1v) is 7.67. The van der Waals surface area contributed by atoms with Crippen LogP contribution in [0.2, 0.25) is 0 Å². The second kappa shape index (κ2) is 10.1. The molecule has 0 radical (unpaired) electrons. The monoisotopic (exact) mass is 335 g/mol. The first-order chi connectivity index (χ1) is 11.5. The summed E-state index contributed by atoms with van der Waals surface area (Å²) in [4.78, 5) is 34.6. The van der Waals surface area contributed by atoms with Gasteiger partial charge in [0.05, 0.1) is 19.1 Å². The summed E-state index contributed by atoms with van der Waals surface area (Å²) in [6.45, 7) is 2.77. The zero-order chi connectivity index (χ0) is 17.9. The van der Waals surface area contributed by atoms with Gasteiger partial charge >= 0.3 is 11.9 Å². The van der Waals surface area contributed by atoms with Crippen molar-refractivity contribution in [3.63, 3.8) is 0 Å². The average Bonchev–Trinajstić information content (AvgIpc) is 2.53. The fourth-order valence-electron chi connectivity index (χ4n) is 2.16. The van der Waals surface area contributed by atoms with E-state index in [1.165, 1.54) is 6.08 Å². The Hall–Kier alpha value is -2.70. The molecule has 0 heterocycles. The second-order valence-electron chi connectivity index (χ2n) is 4.93. The Morgan fingerprint density at radius 2 is 1.67 bits per heavy atom. The molecule has 24 heavy (non-hydrogen) atoms. The molecule has 0 amide bonds. The lowest BCUT2D eigenvalue weighted by molar-refractivity contribution is -0.486. The Balaban J connectivity index is 3.10. The highest BCUT2D eigenvalue weighted by Gasteiger charge is 2.38. The van der Waals surface area contributed by atoms with Crippen molar-refractivity contribution >= 4 is 18.0 Å². The van der Waals surface area contributed by atoms with Crippen LogP contribution in [-0.2, 0) is 19.1 Å². The van der Waals surface area contributed by atoms with Crippen LogP contribution in [-0.4, -0.2) is 36.6 Å². The second-order valence-corrected chi connectivity index (χ2v) is 4.93. The van der Waals surface area contributed by atoms with Crippen LogP contribution < -0.4 is 0 Å². The summed E-state index contributed by atoms with van der Waals surface area (Å²) in [5.74, 6) is -3.96. The number of benzene rings is 1. The van der Waals surface area contributed by atoms with Crippen LogP contribution >= 0.6 is 0 Å². The molecular formula is C17H21NO6. The van der Waals surface area contributed by atoms with E-state index in [0.29, 0.717) is 0 Å². The molecule has 1 atom stereocenters. The van der Waals surface area contributed by atoms with Gasteiger partial charge in [-0.15, -0.1) is 0 Å². The molecular weight excluding hydrogens is 314 g/mol. The Bertz CT molecular complexity index is 566. The van der Waals surface area contributed by atoms with Gasteiger partial charge < -0.3 is 9.47 Å². The smallest absolute Gasteiger partial charge is 0.321 e. The van der Waals surface area contributed by atoms with E-state index in [4.69, 9.17) is 9.47 Å². The van der Waals surface area contributed by atoms with Crippen LogP contribution in [0.5, 0.6) is 0 Å². The van der Waals surface area contributed by atoms with Crippen LogP contribution in [0.4, 0.5) is 0 Å². The third-order valence-electron chi connectivity index (χ3n) is 3.20. The minimum Gasteiger partial charge on any atom is -0.465 e. The quantitative estimate of drug-likeness (QED) is 0.297. The zero-order valence-corrected chi connectivity index (χ0v) is 13.7. The molecule has 0 N–H and O–H groups in total. The molecule has 7 heteroatoms. The van der Waals surface area contributed by atoms with E-state index in [2.05, 4.69) is 0 Å². The fraction of sp³-hybridized carbons (Fsp3) is 0.412. The maximum atomic E-state index is 12.1. The largest absolute Gasteiger partial charge is 0.465 e. The van der Waals surface area contributed by atoms with Crippen LogP contribution in [0.25, 0.3) is 6.08 Å². The van der Waals surface area contributed by atoms with Gasteiger partial charge in [-0.25, -0.2) is 0 Å². The lowest BCUT2D eigenvalue weighted by Gasteiger charge is -2.18. The molecule has 0 aromatic heterocycles. The molecule has 0 saturated heterocycles. The number of rotatable bonds is 9. The van der Waals surface area contributed by atoms with E-state index in [1.54, 1.807) is 19.9 Å². The first kappa shape index (κ1) is 19.3. The molecule has 0 aliphatic rings. The van der Waals surface area contributed by atoms with Gasteiger partial charge in [-0.2, -0.15) is 0 Å². The van der Waals surface area contributed by atoms with Gasteiger partial charge in [-0.1, -0.05) is 42.5 Å². The van der Waals surface area contributed by atoms with E-state index in [-0.39, 0.29) is 13.2 Å². The highest BCUT2D eigenvalue weighted by Crippen LogP contribution is 2.20. The van der Waals surface area contributed by atoms with Crippen LogP contribution in [0, 0.1) is 22.0 Å². The van der Waals surface area contributed by atoms with E-state index >= 15 is 0 Å². The van der Waals surface area contributed by atoms with Gasteiger partial charge in [0.1, 0.15) is 0 Å². The van der Waals surface area contributed by atoms with Gasteiger partial charge in [0.25, 0.3) is 0 Å². The number of carbonyl (C=O) groups is 2. The van der Waals surface area contributed by atoms with E-state index in [1.807, 2.05) is 30.3 Å². The van der Waals surface area contributed by atoms with E-state index in [9.17, 15) is 19.7 Å². The summed E-state index contributed by atoms with van der Waals surface area (Å²) in [6.07, 6.45) is 3.12. The summed E-state index contributed by atoms with van der Waals surface area (Å²) >= 11 is 0. The number of nitro groups is 1. The van der Waals surface area contributed by atoms with E-state index in [0.717, 1.165) is 5.56 Å². The summed E-state index contributed by atoms with van der Waals surface area (Å²) < 4.78 is 9.78. The SMILES string of the molecule is CCOC(=O)C(C(=O)OCC)[C@@H](/C=C/c1ccccc1)C[N+](=O)[O-]. The van der Waals surface area contributed by atoms with Crippen molar-refractivity contribution in [3.05, 3.63) is 52.1 Å². The zero-order valence-electron chi connectivity index (χ0n) is 13.7. The van der Waals surface area contributed by atoms with Crippen molar-refractivity contribution in [1.29, 1.82) is 0 Å². The van der Waals surface area contributed by atoms with Crippen LogP contribution in [0.1, 0.15) is 19.4 Å². The number of hydrogen-bond acceptors (Lipinski definition) is 6. The number of carbonyl (C=O) groups excluding carboxylic acids is 2. The average molecular weight is 335 g/mol. The van der Waals surface area contributed by atoms with Crippen molar-refractivity contribution in [3.8, 4) is 0 Å². The Morgan fingerprint density at radius 3 is 2.12 bits per heavy atom. The van der Waals surface area contributed by atoms with Crippen LogP contribution in [0.15, 0.2) is 36.4 Å². The minimum absolute atomic E-state index is 0.0717. The molecule has 0 saturated carbocycles. The third kappa shape index (κ3) is 6.20. The number of hydrogen-bond donors (Lipinski definition) is 0. The molecule has 1 rings (SSSR count). The summed E-state index contributed by atoms with van der Waals surface area (Å²) in [7, 11) is 0. The van der Waals surface area contributed by atoms with Gasteiger partial charge in [0.2, 0.25) is 6.54 Å². The van der Waals surface area contributed by atoms with Gasteiger partial charge in [0.15, 0.2) is 5.92 Å². The van der Waals surface area contributed by atoms with E-state index < -0.39 is 35.2 Å². The maximum Gasteiger partial charge on any atom is 0.321 e. The summed E-state index contributed by atoms with van der Waals surface area (Å²) in [5.41, 5.74) is 0.803. The molecule has 7 nitrogen and oxygen atoms in total. The van der Waals surface area contributed by atoms with Crippen LogP contribution in [0.3, 0.4) is 0 Å². The minimum atomic E-state index is -1.37. The summed E-state index contributed by atoms with van der Waals surface area (Å²) in [5, 5.41) is 11.0. The fourth-order valence-corrected chi connectivity index (χ4v) is 2.16. The molecule has 0 fully saturated rings. The van der Waals surface area contributed by atoms with Gasteiger partial charge in [-0.3, -0.25) is 19.7 Å². The number of esters is 2. The lowest BCUT2D eigenvalue weighted by atomic mass is 9.91. The normalized spacial score (nSPS) is 12.1. The van der Waals surface area contributed by atoms with Crippen molar-refractivity contribution in [2.24, 2.45) is 11.8 Å². The van der Waals surface area contributed by atoms with Crippen molar-refractivity contribution in [2.45, 2.75) is 13.8 Å². The van der Waals surface area contributed by atoms with Gasteiger partial charge in [-0.05, 0) is 19.4 Å². The topological polar surface area (TPSA) is 95.7 Å². The molecule has 0 aliphatic carbocycles. The predicted octanol–water partition coefficient (Wildman–Crippen LogP) is 2.34. The molecule has 130 valence electrons. The van der Waals surface area contributed by atoms with Crippen molar-refractivity contribution in [2.75, 3.05) is 19.8 Å². The highest BCUT2D eigenvalue weighted by molar-refractivity contribution is 5.95. The third-order valence-corrected chi connectivity index (χ3v) is 3.20.